The van der Waals surface area contributed by atoms with Gasteiger partial charge in [-0.2, -0.15) is 0 Å². The van der Waals surface area contributed by atoms with Gasteiger partial charge in [0.05, 0.1) is 5.41 Å². The van der Waals surface area contributed by atoms with Gasteiger partial charge in [0.1, 0.15) is 0 Å². The van der Waals surface area contributed by atoms with Gasteiger partial charge in [-0.05, 0) is 85.0 Å². The van der Waals surface area contributed by atoms with Gasteiger partial charge >= 0.3 is 0 Å². The molecule has 7 aromatic carbocycles. The molecule has 0 N–H and O–H groups in total. The van der Waals surface area contributed by atoms with Gasteiger partial charge in [0.2, 0.25) is 0 Å². The molecule has 0 saturated carbocycles. The lowest BCUT2D eigenvalue weighted by molar-refractivity contribution is 0.794. The zero-order chi connectivity index (χ0) is 30.8. The average Bonchev–Trinajstić information content (AvgIpc) is 3.76. The van der Waals surface area contributed by atoms with E-state index < -0.39 is 0 Å². The van der Waals surface area contributed by atoms with E-state index in [1.54, 1.807) is 0 Å². The smallest absolute Gasteiger partial charge is 0.0725 e. The quantitative estimate of drug-likeness (QED) is 0.184. The molecule has 0 radical (unpaired) electrons. The third-order valence-electron chi connectivity index (χ3n) is 9.91. The molecule has 0 saturated heterocycles. The van der Waals surface area contributed by atoms with Crippen LogP contribution in [0.2, 0.25) is 0 Å². The minimum atomic E-state index is -0.324. The maximum atomic E-state index is 2.48. The van der Waals surface area contributed by atoms with Crippen molar-refractivity contribution in [2.24, 2.45) is 0 Å². The number of fused-ring (bicyclic) bond motifs is 13. The van der Waals surface area contributed by atoms with Gasteiger partial charge in [-0.3, -0.25) is 0 Å². The van der Waals surface area contributed by atoms with Gasteiger partial charge in [-0.1, -0.05) is 153 Å². The fraction of sp³-hybridized carbons (Fsp3) is 0.0667. The van der Waals surface area contributed by atoms with Crippen LogP contribution in [0.5, 0.6) is 0 Å². The number of rotatable bonds is 2. The Morgan fingerprint density at radius 2 is 0.870 bits per heavy atom. The van der Waals surface area contributed by atoms with E-state index in [1.165, 1.54) is 86.9 Å². The van der Waals surface area contributed by atoms with Crippen molar-refractivity contribution in [1.29, 1.82) is 0 Å². The Bertz CT molecular complexity index is 2390. The number of thiophene rings is 1. The first-order valence-electron chi connectivity index (χ1n) is 16.3. The summed E-state index contributed by atoms with van der Waals surface area (Å²) in [4.78, 5) is 0. The van der Waals surface area contributed by atoms with Gasteiger partial charge in [0.15, 0.2) is 0 Å². The molecule has 0 aliphatic heterocycles. The molecule has 8 aromatic rings. The first-order valence-corrected chi connectivity index (χ1v) is 17.1. The minimum Gasteiger partial charge on any atom is -0.135 e. The first kappa shape index (κ1) is 27.1. The van der Waals surface area contributed by atoms with E-state index in [0.29, 0.717) is 0 Å². The van der Waals surface area contributed by atoms with Crippen LogP contribution >= 0.6 is 11.3 Å². The van der Waals surface area contributed by atoms with Crippen LogP contribution < -0.4 is 0 Å². The van der Waals surface area contributed by atoms with Crippen molar-refractivity contribution in [1.82, 2.24) is 0 Å². The molecule has 0 unspecified atom stereocenters. The molecule has 0 bridgehead atoms. The van der Waals surface area contributed by atoms with Crippen LogP contribution in [-0.2, 0) is 5.41 Å². The molecule has 10 rings (SSSR count). The van der Waals surface area contributed by atoms with E-state index in [2.05, 4.69) is 158 Å². The summed E-state index contributed by atoms with van der Waals surface area (Å²) in [6.45, 7) is 4.00. The van der Waals surface area contributed by atoms with E-state index in [4.69, 9.17) is 0 Å². The van der Waals surface area contributed by atoms with Crippen LogP contribution in [-0.4, -0.2) is 0 Å². The van der Waals surface area contributed by atoms with E-state index in [-0.39, 0.29) is 5.41 Å². The Morgan fingerprint density at radius 1 is 0.370 bits per heavy atom. The van der Waals surface area contributed by atoms with Crippen molar-refractivity contribution >= 4 is 31.5 Å². The van der Waals surface area contributed by atoms with Gasteiger partial charge < -0.3 is 0 Å². The largest absolute Gasteiger partial charge is 0.135 e. The van der Waals surface area contributed by atoms with Crippen LogP contribution in [0.4, 0.5) is 0 Å². The predicted molar refractivity (Wildman–Crippen MR) is 198 cm³/mol. The normalized spacial score (nSPS) is 13.2. The van der Waals surface area contributed by atoms with E-state index in [1.807, 2.05) is 25.2 Å². The Labute approximate surface area is 274 Å². The van der Waals surface area contributed by atoms with Gasteiger partial charge in [0.25, 0.3) is 0 Å². The standard InChI is InChI=1S/C43H26S.C2H6/c1-5-19-37-31(13-1)32-14-2-6-20-38(32)43(37)39-21-7-3-15-33(39)34-24-23-28(26-40(34)43)27-11-9-12-29(25-27)30-17-10-18-36-35-16-4-8-22-41(35)44-42(30)36;1-2/h1-26H;1-2H3. The molecule has 0 nitrogen and oxygen atoms in total. The zero-order valence-corrected chi connectivity index (χ0v) is 26.7. The van der Waals surface area contributed by atoms with Crippen molar-refractivity contribution in [3.05, 3.63) is 180 Å². The maximum Gasteiger partial charge on any atom is 0.0725 e. The van der Waals surface area contributed by atoms with E-state index in [9.17, 15) is 0 Å². The van der Waals surface area contributed by atoms with Gasteiger partial charge in [-0.15, -0.1) is 11.3 Å². The molecule has 46 heavy (non-hydrogen) atoms. The molecule has 1 heterocycles. The summed E-state index contributed by atoms with van der Waals surface area (Å²) in [6.07, 6.45) is 0. The molecule has 2 aliphatic rings. The summed E-state index contributed by atoms with van der Waals surface area (Å²) < 4.78 is 2.69. The van der Waals surface area contributed by atoms with E-state index >= 15 is 0 Å². The van der Waals surface area contributed by atoms with Crippen molar-refractivity contribution in [2.75, 3.05) is 0 Å². The fourth-order valence-electron chi connectivity index (χ4n) is 8.12. The van der Waals surface area contributed by atoms with Crippen molar-refractivity contribution < 1.29 is 0 Å². The molecule has 0 fully saturated rings. The molecule has 1 spiro atoms. The molecule has 1 aromatic heterocycles. The summed E-state index contributed by atoms with van der Waals surface area (Å²) in [6, 6.07) is 58.9. The Kier molecular flexibility index (Phi) is 6.13. The Hall–Kier alpha value is -5.24. The van der Waals surface area contributed by atoms with Crippen molar-refractivity contribution in [2.45, 2.75) is 19.3 Å². The van der Waals surface area contributed by atoms with E-state index in [0.717, 1.165) is 0 Å². The highest BCUT2D eigenvalue weighted by Gasteiger charge is 2.51. The second kappa shape index (κ2) is 10.4. The summed E-state index contributed by atoms with van der Waals surface area (Å²) in [5.74, 6) is 0. The topological polar surface area (TPSA) is 0 Å². The third kappa shape index (κ3) is 3.61. The summed E-state index contributed by atoms with van der Waals surface area (Å²) in [5, 5.41) is 2.68. The highest BCUT2D eigenvalue weighted by atomic mass is 32.1. The average molecular weight is 605 g/mol. The van der Waals surface area contributed by atoms with Crippen molar-refractivity contribution in [3.8, 4) is 44.5 Å². The highest BCUT2D eigenvalue weighted by molar-refractivity contribution is 7.26. The van der Waals surface area contributed by atoms with Crippen LogP contribution in [0.1, 0.15) is 36.1 Å². The summed E-state index contributed by atoms with van der Waals surface area (Å²) >= 11 is 1.89. The lowest BCUT2D eigenvalue weighted by Crippen LogP contribution is -2.25. The lowest BCUT2D eigenvalue weighted by Gasteiger charge is -2.30. The summed E-state index contributed by atoms with van der Waals surface area (Å²) in [7, 11) is 0. The third-order valence-corrected chi connectivity index (χ3v) is 11.1. The second-order valence-corrected chi connectivity index (χ2v) is 13.1. The van der Waals surface area contributed by atoms with Crippen LogP contribution in [0, 0.1) is 0 Å². The SMILES string of the molecule is CC.c1cc(-c2ccc3c(c2)C2(c4ccccc4-c4ccccc42)c2ccccc2-3)cc(-c2cccc3c2sc2ccccc23)c1. The minimum absolute atomic E-state index is 0.324. The number of hydrogen-bond donors (Lipinski definition) is 0. The van der Waals surface area contributed by atoms with Crippen molar-refractivity contribution in [3.63, 3.8) is 0 Å². The highest BCUT2D eigenvalue weighted by Crippen LogP contribution is 2.63. The molecular formula is C45H32S. The Morgan fingerprint density at radius 3 is 1.57 bits per heavy atom. The molecule has 1 heteroatoms. The van der Waals surface area contributed by atoms with Gasteiger partial charge in [-0.25, -0.2) is 0 Å². The molecule has 0 atom stereocenters. The first-order chi connectivity index (χ1) is 22.8. The fourth-order valence-corrected chi connectivity index (χ4v) is 9.35. The summed E-state index contributed by atoms with van der Waals surface area (Å²) in [5.41, 5.74) is 15.6. The monoisotopic (exact) mass is 604 g/mol. The lowest BCUT2D eigenvalue weighted by atomic mass is 9.70. The van der Waals surface area contributed by atoms with Crippen LogP contribution in [0.25, 0.3) is 64.7 Å². The van der Waals surface area contributed by atoms with Crippen LogP contribution in [0.3, 0.4) is 0 Å². The molecule has 0 amide bonds. The maximum absolute atomic E-state index is 2.48. The molecular weight excluding hydrogens is 573 g/mol. The molecule has 2 aliphatic carbocycles. The predicted octanol–water partition coefficient (Wildman–Crippen LogP) is 12.8. The number of hydrogen-bond acceptors (Lipinski definition) is 1. The van der Waals surface area contributed by atoms with Gasteiger partial charge in [0, 0.05) is 20.2 Å². The molecule has 218 valence electrons. The second-order valence-electron chi connectivity index (χ2n) is 12.0. The zero-order valence-electron chi connectivity index (χ0n) is 25.9. The Balaban J connectivity index is 0.00000143. The number of benzene rings is 7. The van der Waals surface area contributed by atoms with Crippen LogP contribution in [0.15, 0.2) is 158 Å².